The molecule has 2 nitrogen and oxygen atoms in total. The van der Waals surface area contributed by atoms with Crippen LogP contribution in [0.25, 0.3) is 10.8 Å². The summed E-state index contributed by atoms with van der Waals surface area (Å²) >= 11 is 0. The van der Waals surface area contributed by atoms with Gasteiger partial charge >= 0.3 is 5.97 Å². The Hall–Kier alpha value is -2.27. The largest absolute Gasteiger partial charge is 0.478 e. The van der Waals surface area contributed by atoms with Crippen molar-refractivity contribution in [2.75, 3.05) is 0 Å². The molecule has 0 radical (unpaired) electrons. The van der Waals surface area contributed by atoms with Crippen LogP contribution in [0.5, 0.6) is 0 Å². The summed E-state index contributed by atoms with van der Waals surface area (Å²) in [6.07, 6.45) is 5.27. The van der Waals surface area contributed by atoms with E-state index in [4.69, 9.17) is 11.5 Å². The van der Waals surface area contributed by atoms with Gasteiger partial charge in [0.1, 0.15) is 0 Å². The lowest BCUT2D eigenvalue weighted by atomic mass is 10.0. The predicted molar refractivity (Wildman–Crippen MR) is 58.8 cm³/mol. The molecule has 0 saturated carbocycles. The number of carbonyl (C=O) groups is 1. The molecule has 0 aliphatic rings. The third kappa shape index (κ3) is 1.55. The minimum absolute atomic E-state index is 0.302. The maximum absolute atomic E-state index is 10.9. The van der Waals surface area contributed by atoms with E-state index >= 15 is 0 Å². The Kier molecular flexibility index (Phi) is 2.15. The van der Waals surface area contributed by atoms with E-state index in [1.165, 1.54) is 0 Å². The van der Waals surface area contributed by atoms with E-state index in [9.17, 15) is 4.79 Å². The molecular formula is C13H8O2. The van der Waals surface area contributed by atoms with Gasteiger partial charge in [0.15, 0.2) is 0 Å². The van der Waals surface area contributed by atoms with Gasteiger partial charge in [0.2, 0.25) is 0 Å². The highest BCUT2D eigenvalue weighted by molar-refractivity contribution is 6.03. The van der Waals surface area contributed by atoms with E-state index in [1.54, 1.807) is 24.3 Å². The molecule has 2 rings (SSSR count). The summed E-state index contributed by atoms with van der Waals surface area (Å²) in [5.41, 5.74) is 1.06. The van der Waals surface area contributed by atoms with Crippen molar-refractivity contribution in [2.24, 2.45) is 0 Å². The molecule has 0 heterocycles. The molecule has 0 atom stereocenters. The van der Waals surface area contributed by atoms with Crippen molar-refractivity contribution in [3.05, 3.63) is 47.5 Å². The standard InChI is InChI=1S/C13H8O2/c1-2-9-6-7-11-10(8-9)4-3-5-12(11)13(14)15/h1,3-8H,(H,14,15). The molecule has 15 heavy (non-hydrogen) atoms. The second-order valence-corrected chi connectivity index (χ2v) is 3.19. The van der Waals surface area contributed by atoms with Gasteiger partial charge in [0, 0.05) is 5.56 Å². The van der Waals surface area contributed by atoms with Crippen LogP contribution in [0.3, 0.4) is 0 Å². The third-order valence-corrected chi connectivity index (χ3v) is 2.28. The number of aromatic carboxylic acids is 1. The first kappa shape index (κ1) is 9.29. The van der Waals surface area contributed by atoms with Crippen LogP contribution in [0.2, 0.25) is 0 Å². The smallest absolute Gasteiger partial charge is 0.336 e. The minimum Gasteiger partial charge on any atom is -0.478 e. The van der Waals surface area contributed by atoms with E-state index in [0.717, 1.165) is 10.9 Å². The Labute approximate surface area is 87.2 Å². The summed E-state index contributed by atoms with van der Waals surface area (Å²) in [4.78, 5) is 10.9. The number of rotatable bonds is 1. The van der Waals surface area contributed by atoms with Gasteiger partial charge in [-0.3, -0.25) is 0 Å². The molecule has 0 aromatic heterocycles. The van der Waals surface area contributed by atoms with Gasteiger partial charge in [-0.15, -0.1) is 6.42 Å². The zero-order valence-corrected chi connectivity index (χ0v) is 7.90. The quantitative estimate of drug-likeness (QED) is 0.711. The highest BCUT2D eigenvalue weighted by Crippen LogP contribution is 2.20. The lowest BCUT2D eigenvalue weighted by Gasteiger charge is -2.02. The van der Waals surface area contributed by atoms with E-state index in [-0.39, 0.29) is 0 Å². The molecule has 2 aromatic rings. The number of hydrogen-bond acceptors (Lipinski definition) is 1. The van der Waals surface area contributed by atoms with Crippen molar-refractivity contribution in [1.82, 2.24) is 0 Å². The van der Waals surface area contributed by atoms with Crippen LogP contribution < -0.4 is 0 Å². The minimum atomic E-state index is -0.922. The Morgan fingerprint density at radius 2 is 2.07 bits per heavy atom. The van der Waals surface area contributed by atoms with Crippen molar-refractivity contribution in [3.63, 3.8) is 0 Å². The number of benzene rings is 2. The number of fused-ring (bicyclic) bond motifs is 1. The fourth-order valence-electron chi connectivity index (χ4n) is 1.56. The van der Waals surface area contributed by atoms with Gasteiger partial charge in [-0.2, -0.15) is 0 Å². The number of carboxylic acids is 1. The SMILES string of the molecule is C#Cc1ccc2c(C(=O)O)cccc2c1. The number of hydrogen-bond donors (Lipinski definition) is 1. The molecule has 0 amide bonds. The molecule has 0 bridgehead atoms. The first-order valence-corrected chi connectivity index (χ1v) is 4.45. The Morgan fingerprint density at radius 3 is 2.73 bits per heavy atom. The Balaban J connectivity index is 2.79. The number of carboxylic acid groups (broad SMARTS) is 1. The summed E-state index contributed by atoms with van der Waals surface area (Å²) in [6.45, 7) is 0. The average molecular weight is 196 g/mol. The van der Waals surface area contributed by atoms with Crippen molar-refractivity contribution < 1.29 is 9.90 Å². The number of terminal acetylenes is 1. The van der Waals surface area contributed by atoms with Crippen LogP contribution in [0, 0.1) is 12.3 Å². The van der Waals surface area contributed by atoms with Gasteiger partial charge in [-0.25, -0.2) is 4.79 Å². The van der Waals surface area contributed by atoms with Crippen molar-refractivity contribution >= 4 is 16.7 Å². The molecule has 2 aromatic carbocycles. The maximum Gasteiger partial charge on any atom is 0.336 e. The molecule has 0 unspecified atom stereocenters. The Morgan fingerprint density at radius 1 is 1.27 bits per heavy atom. The van der Waals surface area contributed by atoms with Crippen LogP contribution in [0.4, 0.5) is 0 Å². The highest BCUT2D eigenvalue weighted by atomic mass is 16.4. The van der Waals surface area contributed by atoms with Gasteiger partial charge in [-0.1, -0.05) is 24.1 Å². The van der Waals surface area contributed by atoms with Gasteiger partial charge < -0.3 is 5.11 Å². The van der Waals surface area contributed by atoms with Crippen LogP contribution in [-0.4, -0.2) is 11.1 Å². The summed E-state index contributed by atoms with van der Waals surface area (Å²) in [7, 11) is 0. The molecule has 0 aliphatic heterocycles. The second-order valence-electron chi connectivity index (χ2n) is 3.19. The third-order valence-electron chi connectivity index (χ3n) is 2.28. The van der Waals surface area contributed by atoms with Gasteiger partial charge in [0.05, 0.1) is 5.56 Å². The predicted octanol–water partition coefficient (Wildman–Crippen LogP) is 2.52. The van der Waals surface area contributed by atoms with Crippen molar-refractivity contribution in [2.45, 2.75) is 0 Å². The Bertz CT molecular complexity index is 577. The molecule has 72 valence electrons. The molecule has 1 N–H and O–H groups in total. The summed E-state index contributed by atoms with van der Waals surface area (Å²) < 4.78 is 0. The first-order chi connectivity index (χ1) is 7.22. The first-order valence-electron chi connectivity index (χ1n) is 4.45. The monoisotopic (exact) mass is 196 g/mol. The zero-order valence-electron chi connectivity index (χ0n) is 7.90. The van der Waals surface area contributed by atoms with Gasteiger partial charge in [0.25, 0.3) is 0 Å². The second kappa shape index (κ2) is 3.47. The van der Waals surface area contributed by atoms with Crippen molar-refractivity contribution in [3.8, 4) is 12.3 Å². The van der Waals surface area contributed by atoms with Crippen LogP contribution in [0.1, 0.15) is 15.9 Å². The molecule has 0 fully saturated rings. The summed E-state index contributed by atoms with van der Waals surface area (Å²) in [6, 6.07) is 10.4. The molecule has 2 heteroatoms. The maximum atomic E-state index is 10.9. The average Bonchev–Trinajstić information content (AvgIpc) is 2.27. The topological polar surface area (TPSA) is 37.3 Å². The van der Waals surface area contributed by atoms with E-state index in [0.29, 0.717) is 10.9 Å². The molecular weight excluding hydrogens is 188 g/mol. The molecule has 0 aliphatic carbocycles. The summed E-state index contributed by atoms with van der Waals surface area (Å²) in [5.74, 6) is 1.60. The van der Waals surface area contributed by atoms with Crippen LogP contribution >= 0.6 is 0 Å². The lowest BCUT2D eigenvalue weighted by Crippen LogP contribution is -1.96. The normalized spacial score (nSPS) is 9.80. The summed E-state index contributed by atoms with van der Waals surface area (Å²) in [5, 5.41) is 10.5. The highest BCUT2D eigenvalue weighted by Gasteiger charge is 2.07. The van der Waals surface area contributed by atoms with E-state index in [2.05, 4.69) is 5.92 Å². The fraction of sp³-hybridized carbons (Fsp3) is 0. The van der Waals surface area contributed by atoms with E-state index in [1.807, 2.05) is 12.1 Å². The van der Waals surface area contributed by atoms with E-state index < -0.39 is 5.97 Å². The van der Waals surface area contributed by atoms with Gasteiger partial charge in [-0.05, 0) is 29.0 Å². The lowest BCUT2D eigenvalue weighted by molar-refractivity contribution is 0.0699. The van der Waals surface area contributed by atoms with Crippen molar-refractivity contribution in [1.29, 1.82) is 0 Å². The van der Waals surface area contributed by atoms with Crippen LogP contribution in [-0.2, 0) is 0 Å². The molecule has 0 spiro atoms. The molecule has 0 saturated heterocycles. The zero-order chi connectivity index (χ0) is 10.8. The fourth-order valence-corrected chi connectivity index (χ4v) is 1.56. The van der Waals surface area contributed by atoms with Crippen LogP contribution in [0.15, 0.2) is 36.4 Å².